The third kappa shape index (κ3) is 6.11. The third-order valence-electron chi connectivity index (χ3n) is 6.02. The molecule has 1 fully saturated rings. The number of piperidine rings is 1. The van der Waals surface area contributed by atoms with Crippen molar-refractivity contribution in [2.24, 2.45) is 11.7 Å². The smallest absolute Gasteiger partial charge is 0.242 e. The standard InChI is InChI=1S/C25H29N5O3S/c1-33-21-9-5-8-19(14-21)15-22-27-25(34-28-22)30(16-18-6-3-2-4-7-18)17-23(31)29-12-10-20(11-13-29)24(26)32/h2-9,14,20H,10-13,15-17H2,1H3,(H2,26,32). The van der Waals surface area contributed by atoms with Gasteiger partial charge in [-0.15, -0.1) is 0 Å². The van der Waals surface area contributed by atoms with E-state index in [4.69, 9.17) is 15.5 Å². The summed E-state index contributed by atoms with van der Waals surface area (Å²) in [6, 6.07) is 17.9. The van der Waals surface area contributed by atoms with Gasteiger partial charge in [0.2, 0.25) is 16.9 Å². The Labute approximate surface area is 203 Å². The van der Waals surface area contributed by atoms with Gasteiger partial charge < -0.3 is 20.3 Å². The van der Waals surface area contributed by atoms with Crippen molar-refractivity contribution in [1.82, 2.24) is 14.3 Å². The number of nitrogens with zero attached hydrogens (tertiary/aromatic N) is 4. The predicted octanol–water partition coefficient (Wildman–Crippen LogP) is 2.87. The van der Waals surface area contributed by atoms with Crippen LogP contribution in [0.15, 0.2) is 54.6 Å². The predicted molar refractivity (Wildman–Crippen MR) is 132 cm³/mol. The van der Waals surface area contributed by atoms with Crippen LogP contribution >= 0.6 is 11.5 Å². The molecule has 2 aromatic carbocycles. The second-order valence-electron chi connectivity index (χ2n) is 8.42. The molecule has 2 heterocycles. The first-order valence-electron chi connectivity index (χ1n) is 11.3. The monoisotopic (exact) mass is 479 g/mol. The van der Waals surface area contributed by atoms with Gasteiger partial charge >= 0.3 is 0 Å². The molecule has 0 atom stereocenters. The SMILES string of the molecule is COc1cccc(Cc2nsc(N(CC(=O)N3CCC(C(N)=O)CC3)Cc3ccccc3)n2)c1. The molecule has 0 bridgehead atoms. The van der Waals surface area contributed by atoms with Crippen LogP contribution in [0.4, 0.5) is 5.13 Å². The number of methoxy groups -OCH3 is 1. The van der Waals surface area contributed by atoms with Gasteiger partial charge in [0, 0.05) is 43.5 Å². The van der Waals surface area contributed by atoms with Crippen LogP contribution in [0.5, 0.6) is 5.75 Å². The van der Waals surface area contributed by atoms with Gasteiger partial charge in [-0.2, -0.15) is 4.37 Å². The molecule has 0 unspecified atom stereocenters. The van der Waals surface area contributed by atoms with E-state index in [2.05, 4.69) is 4.37 Å². The Kier molecular flexibility index (Phi) is 7.74. The maximum atomic E-state index is 13.1. The summed E-state index contributed by atoms with van der Waals surface area (Å²) >= 11 is 1.30. The van der Waals surface area contributed by atoms with Gasteiger partial charge in [-0.25, -0.2) is 4.98 Å². The number of carbonyl (C=O) groups is 2. The Bertz CT molecular complexity index is 1110. The highest BCUT2D eigenvalue weighted by Crippen LogP contribution is 2.23. The normalized spacial score (nSPS) is 14.1. The minimum atomic E-state index is -0.282. The number of ether oxygens (including phenoxy) is 1. The van der Waals surface area contributed by atoms with E-state index < -0.39 is 0 Å². The molecule has 178 valence electrons. The molecule has 34 heavy (non-hydrogen) atoms. The topological polar surface area (TPSA) is 102 Å². The highest BCUT2D eigenvalue weighted by Gasteiger charge is 2.27. The minimum Gasteiger partial charge on any atom is -0.497 e. The molecule has 1 aromatic heterocycles. The van der Waals surface area contributed by atoms with E-state index in [0.717, 1.165) is 16.9 Å². The van der Waals surface area contributed by atoms with Crippen LogP contribution in [0, 0.1) is 5.92 Å². The molecule has 0 spiro atoms. The fraction of sp³-hybridized carbons (Fsp3) is 0.360. The molecule has 0 radical (unpaired) electrons. The van der Waals surface area contributed by atoms with Crippen LogP contribution in [0.3, 0.4) is 0 Å². The van der Waals surface area contributed by atoms with Gasteiger partial charge in [-0.3, -0.25) is 9.59 Å². The largest absolute Gasteiger partial charge is 0.497 e. The Hall–Kier alpha value is -3.46. The molecular weight excluding hydrogens is 450 g/mol. The summed E-state index contributed by atoms with van der Waals surface area (Å²) in [5, 5.41) is 0.710. The van der Waals surface area contributed by atoms with E-state index in [0.29, 0.717) is 49.9 Å². The van der Waals surface area contributed by atoms with Crippen molar-refractivity contribution >= 4 is 28.5 Å². The number of primary amides is 1. The zero-order valence-corrected chi connectivity index (χ0v) is 20.0. The second kappa shape index (κ2) is 11.1. The molecule has 3 aromatic rings. The maximum Gasteiger partial charge on any atom is 0.242 e. The van der Waals surface area contributed by atoms with E-state index in [-0.39, 0.29) is 24.3 Å². The number of anilines is 1. The van der Waals surface area contributed by atoms with Gasteiger partial charge in [0.15, 0.2) is 0 Å². The fourth-order valence-electron chi connectivity index (χ4n) is 4.08. The molecule has 4 rings (SSSR count). The molecule has 1 saturated heterocycles. The number of hydrogen-bond acceptors (Lipinski definition) is 7. The summed E-state index contributed by atoms with van der Waals surface area (Å²) in [4.78, 5) is 33.1. The molecule has 1 aliphatic heterocycles. The number of aromatic nitrogens is 2. The molecule has 1 aliphatic rings. The number of rotatable bonds is 9. The summed E-state index contributed by atoms with van der Waals surface area (Å²) < 4.78 is 9.86. The summed E-state index contributed by atoms with van der Waals surface area (Å²) in [6.45, 7) is 1.84. The number of likely N-dealkylation sites (tertiary alicyclic amines) is 1. The first-order chi connectivity index (χ1) is 16.5. The van der Waals surface area contributed by atoms with Gasteiger partial charge in [0.25, 0.3) is 0 Å². The van der Waals surface area contributed by atoms with Gasteiger partial charge in [-0.05, 0) is 36.1 Å². The summed E-state index contributed by atoms with van der Waals surface area (Å²) in [5.41, 5.74) is 7.59. The number of nitrogens with two attached hydrogens (primary N) is 1. The number of carbonyl (C=O) groups excluding carboxylic acids is 2. The lowest BCUT2D eigenvalue weighted by Gasteiger charge is -2.32. The lowest BCUT2D eigenvalue weighted by molar-refractivity contribution is -0.133. The Morgan fingerprint density at radius 1 is 1.12 bits per heavy atom. The third-order valence-corrected chi connectivity index (χ3v) is 6.83. The van der Waals surface area contributed by atoms with Crippen molar-refractivity contribution < 1.29 is 14.3 Å². The van der Waals surface area contributed by atoms with Crippen molar-refractivity contribution in [2.75, 3.05) is 31.6 Å². The van der Waals surface area contributed by atoms with Crippen molar-refractivity contribution in [1.29, 1.82) is 0 Å². The zero-order valence-electron chi connectivity index (χ0n) is 19.2. The lowest BCUT2D eigenvalue weighted by atomic mass is 9.96. The van der Waals surface area contributed by atoms with Crippen molar-refractivity contribution in [3.05, 3.63) is 71.5 Å². The summed E-state index contributed by atoms with van der Waals surface area (Å²) in [7, 11) is 1.65. The zero-order chi connectivity index (χ0) is 23.9. The quantitative estimate of drug-likeness (QED) is 0.506. The van der Waals surface area contributed by atoms with Gasteiger partial charge in [0.05, 0.1) is 13.7 Å². The molecule has 8 nitrogen and oxygen atoms in total. The fourth-order valence-corrected chi connectivity index (χ4v) is 4.76. The van der Waals surface area contributed by atoms with Crippen molar-refractivity contribution in [3.63, 3.8) is 0 Å². The van der Waals surface area contributed by atoms with Crippen LogP contribution in [-0.2, 0) is 22.6 Å². The molecular formula is C25H29N5O3S. The van der Waals surface area contributed by atoms with Gasteiger partial charge in [0.1, 0.15) is 11.6 Å². The first-order valence-corrected chi connectivity index (χ1v) is 12.1. The van der Waals surface area contributed by atoms with Crippen molar-refractivity contribution in [2.45, 2.75) is 25.8 Å². The summed E-state index contributed by atoms with van der Waals surface area (Å²) in [6.07, 6.45) is 1.81. The average molecular weight is 480 g/mol. The van der Waals surface area contributed by atoms with Crippen LogP contribution in [0.25, 0.3) is 0 Å². The van der Waals surface area contributed by atoms with Crippen LogP contribution < -0.4 is 15.4 Å². The molecule has 0 aliphatic carbocycles. The van der Waals surface area contributed by atoms with E-state index >= 15 is 0 Å². The molecule has 0 saturated carbocycles. The summed E-state index contributed by atoms with van der Waals surface area (Å²) in [5.74, 6) is 1.09. The first kappa shape index (κ1) is 23.7. The Morgan fingerprint density at radius 3 is 2.56 bits per heavy atom. The number of benzene rings is 2. The highest BCUT2D eigenvalue weighted by molar-refractivity contribution is 7.09. The molecule has 9 heteroatoms. The Balaban J connectivity index is 1.47. The van der Waals surface area contributed by atoms with Gasteiger partial charge in [-0.1, -0.05) is 42.5 Å². The molecule has 2 N–H and O–H groups in total. The lowest BCUT2D eigenvalue weighted by Crippen LogP contribution is -2.45. The Morgan fingerprint density at radius 2 is 1.85 bits per heavy atom. The van der Waals surface area contributed by atoms with Crippen LogP contribution in [-0.4, -0.2) is 52.8 Å². The van der Waals surface area contributed by atoms with Crippen molar-refractivity contribution in [3.8, 4) is 5.75 Å². The number of amides is 2. The number of hydrogen-bond donors (Lipinski definition) is 1. The van der Waals surface area contributed by atoms with E-state index in [1.807, 2.05) is 64.4 Å². The van der Waals surface area contributed by atoms with E-state index in [1.54, 1.807) is 7.11 Å². The maximum absolute atomic E-state index is 13.1. The van der Waals surface area contributed by atoms with E-state index in [9.17, 15) is 9.59 Å². The highest BCUT2D eigenvalue weighted by atomic mass is 32.1. The molecule has 2 amide bonds. The van der Waals surface area contributed by atoms with E-state index in [1.165, 1.54) is 11.5 Å². The van der Waals surface area contributed by atoms with Crippen LogP contribution in [0.2, 0.25) is 0 Å². The van der Waals surface area contributed by atoms with Crippen LogP contribution in [0.1, 0.15) is 29.8 Å². The average Bonchev–Trinajstić information content (AvgIpc) is 3.32. The second-order valence-corrected chi connectivity index (χ2v) is 9.15. The minimum absolute atomic E-state index is 0.0170.